The molecule has 0 amide bonds. The van der Waals surface area contributed by atoms with E-state index in [9.17, 15) is 18.0 Å². The minimum absolute atomic E-state index is 0.0626. The van der Waals surface area contributed by atoms with Crippen LogP contribution in [0.4, 0.5) is 13.2 Å². The monoisotopic (exact) mass is 278 g/mol. The number of hydrogen-bond donors (Lipinski definition) is 0. The molecule has 3 nitrogen and oxygen atoms in total. The fourth-order valence-electron chi connectivity index (χ4n) is 1.45. The number of benzene rings is 1. The van der Waals surface area contributed by atoms with E-state index in [1.54, 1.807) is 0 Å². The van der Waals surface area contributed by atoms with Crippen LogP contribution >= 0.6 is 11.6 Å². The van der Waals surface area contributed by atoms with Crippen LogP contribution in [0.3, 0.4) is 0 Å². The van der Waals surface area contributed by atoms with Crippen molar-refractivity contribution >= 4 is 22.6 Å². The Labute approximate surface area is 104 Å². The molecule has 2 rings (SSSR count). The van der Waals surface area contributed by atoms with Crippen LogP contribution in [0.5, 0.6) is 5.75 Å². The van der Waals surface area contributed by atoms with Crippen molar-refractivity contribution in [2.24, 2.45) is 0 Å². The van der Waals surface area contributed by atoms with Gasteiger partial charge in [0, 0.05) is 12.1 Å². The lowest BCUT2D eigenvalue weighted by Gasteiger charge is -2.08. The molecule has 0 N–H and O–H groups in total. The largest absolute Gasteiger partial charge is 0.497 e. The molecule has 1 aromatic carbocycles. The number of rotatable bonds is 1. The zero-order valence-electron chi connectivity index (χ0n) is 8.97. The summed E-state index contributed by atoms with van der Waals surface area (Å²) in [6.07, 6.45) is -4.74. The Hall–Kier alpha value is -1.69. The zero-order chi connectivity index (χ0) is 13.5. The van der Waals surface area contributed by atoms with Crippen molar-refractivity contribution in [1.29, 1.82) is 0 Å². The lowest BCUT2D eigenvalue weighted by Crippen LogP contribution is -2.11. The minimum atomic E-state index is -4.74. The SMILES string of the molecule is COc1cc(Cl)c2oc(C(F)(F)F)cc(=O)c2c1. The Bertz CT molecular complexity index is 661. The van der Waals surface area contributed by atoms with Crippen molar-refractivity contribution in [2.45, 2.75) is 6.18 Å². The van der Waals surface area contributed by atoms with Gasteiger partial charge in [-0.3, -0.25) is 4.79 Å². The van der Waals surface area contributed by atoms with Crippen LogP contribution in [0.1, 0.15) is 5.76 Å². The van der Waals surface area contributed by atoms with Crippen molar-refractivity contribution in [1.82, 2.24) is 0 Å². The normalized spacial score (nSPS) is 11.8. The molecule has 1 heterocycles. The van der Waals surface area contributed by atoms with E-state index in [4.69, 9.17) is 16.3 Å². The fraction of sp³-hybridized carbons (Fsp3) is 0.182. The summed E-state index contributed by atoms with van der Waals surface area (Å²) < 4.78 is 46.9. The number of methoxy groups -OCH3 is 1. The molecule has 0 spiro atoms. The highest BCUT2D eigenvalue weighted by Gasteiger charge is 2.35. The average Bonchev–Trinajstić information content (AvgIpc) is 2.28. The first-order chi connectivity index (χ1) is 8.32. The van der Waals surface area contributed by atoms with E-state index in [1.807, 2.05) is 0 Å². The summed E-state index contributed by atoms with van der Waals surface area (Å²) in [5.74, 6) is -1.12. The third-order valence-electron chi connectivity index (χ3n) is 2.27. The van der Waals surface area contributed by atoms with Crippen LogP contribution in [0.15, 0.2) is 27.4 Å². The highest BCUT2D eigenvalue weighted by atomic mass is 35.5. The van der Waals surface area contributed by atoms with Crippen molar-refractivity contribution < 1.29 is 22.3 Å². The molecule has 0 atom stereocenters. The van der Waals surface area contributed by atoms with E-state index in [1.165, 1.54) is 19.2 Å². The van der Waals surface area contributed by atoms with Crippen LogP contribution in [0.2, 0.25) is 5.02 Å². The summed E-state index contributed by atoms with van der Waals surface area (Å²) in [5.41, 5.74) is -1.14. The maximum Gasteiger partial charge on any atom is 0.449 e. The summed E-state index contributed by atoms with van der Waals surface area (Å²) in [4.78, 5) is 11.6. The molecule has 0 aliphatic carbocycles. The van der Waals surface area contributed by atoms with E-state index >= 15 is 0 Å². The van der Waals surface area contributed by atoms with E-state index < -0.39 is 17.4 Å². The van der Waals surface area contributed by atoms with Crippen LogP contribution < -0.4 is 10.2 Å². The molecule has 0 unspecified atom stereocenters. The van der Waals surface area contributed by atoms with Gasteiger partial charge in [0.2, 0.25) is 5.76 Å². The molecule has 1 aromatic heterocycles. The number of fused-ring (bicyclic) bond motifs is 1. The number of halogens is 4. The molecular formula is C11H6ClF3O3. The number of alkyl halides is 3. The summed E-state index contributed by atoms with van der Waals surface area (Å²) in [5, 5.41) is -0.181. The van der Waals surface area contributed by atoms with Crippen LogP contribution in [0.25, 0.3) is 11.0 Å². The predicted molar refractivity (Wildman–Crippen MR) is 59.0 cm³/mol. The molecule has 0 aliphatic heterocycles. The quantitative estimate of drug-likeness (QED) is 0.802. The first-order valence-corrected chi connectivity index (χ1v) is 5.09. The van der Waals surface area contributed by atoms with Gasteiger partial charge < -0.3 is 9.15 Å². The third-order valence-corrected chi connectivity index (χ3v) is 2.55. The molecule has 0 bridgehead atoms. The number of hydrogen-bond acceptors (Lipinski definition) is 3. The lowest BCUT2D eigenvalue weighted by atomic mass is 10.2. The molecule has 2 aromatic rings. The zero-order valence-corrected chi connectivity index (χ0v) is 9.72. The second-order valence-corrected chi connectivity index (χ2v) is 3.87. The molecule has 0 aliphatic rings. The molecule has 0 saturated heterocycles. The first kappa shape index (κ1) is 12.8. The fourth-order valence-corrected chi connectivity index (χ4v) is 1.70. The van der Waals surface area contributed by atoms with Crippen molar-refractivity contribution in [3.05, 3.63) is 39.2 Å². The van der Waals surface area contributed by atoms with E-state index in [2.05, 4.69) is 4.42 Å². The molecule has 96 valence electrons. The van der Waals surface area contributed by atoms with Gasteiger partial charge in [-0.1, -0.05) is 11.6 Å². The van der Waals surface area contributed by atoms with Gasteiger partial charge >= 0.3 is 6.18 Å². The lowest BCUT2D eigenvalue weighted by molar-refractivity contribution is -0.152. The van der Waals surface area contributed by atoms with Gasteiger partial charge in [0.25, 0.3) is 0 Å². The Morgan fingerprint density at radius 1 is 1.28 bits per heavy atom. The average molecular weight is 279 g/mol. The molecule has 0 fully saturated rings. The van der Waals surface area contributed by atoms with Crippen molar-refractivity contribution in [3.8, 4) is 5.75 Å². The highest BCUT2D eigenvalue weighted by Crippen LogP contribution is 2.33. The summed E-state index contributed by atoms with van der Waals surface area (Å²) in [7, 11) is 1.35. The molecule has 18 heavy (non-hydrogen) atoms. The Kier molecular flexibility index (Phi) is 2.98. The third kappa shape index (κ3) is 2.15. The van der Waals surface area contributed by atoms with Crippen molar-refractivity contribution in [3.63, 3.8) is 0 Å². The maximum atomic E-state index is 12.5. The van der Waals surface area contributed by atoms with Gasteiger partial charge in [-0.2, -0.15) is 13.2 Å². The first-order valence-electron chi connectivity index (χ1n) is 4.71. The molecule has 0 radical (unpaired) electrons. The standard InChI is InChI=1S/C11H6ClF3O3/c1-17-5-2-6-8(16)4-9(11(13,14)15)18-10(6)7(12)3-5/h2-4H,1H3. The Balaban J connectivity index is 2.83. The van der Waals surface area contributed by atoms with E-state index in [0.29, 0.717) is 6.07 Å². The predicted octanol–water partition coefficient (Wildman–Crippen LogP) is 3.47. The smallest absolute Gasteiger partial charge is 0.449 e. The highest BCUT2D eigenvalue weighted by molar-refractivity contribution is 6.35. The summed E-state index contributed by atoms with van der Waals surface area (Å²) in [6.45, 7) is 0. The van der Waals surface area contributed by atoms with Crippen LogP contribution in [0, 0.1) is 0 Å². The minimum Gasteiger partial charge on any atom is -0.497 e. The van der Waals surface area contributed by atoms with Crippen LogP contribution in [-0.2, 0) is 6.18 Å². The van der Waals surface area contributed by atoms with Gasteiger partial charge in [-0.25, -0.2) is 0 Å². The second-order valence-electron chi connectivity index (χ2n) is 3.46. The molecule has 0 saturated carbocycles. The van der Waals surface area contributed by atoms with Crippen molar-refractivity contribution in [2.75, 3.05) is 7.11 Å². The maximum absolute atomic E-state index is 12.5. The Morgan fingerprint density at radius 2 is 1.94 bits per heavy atom. The van der Waals surface area contributed by atoms with Gasteiger partial charge in [-0.05, 0) is 6.07 Å². The van der Waals surface area contributed by atoms with Gasteiger partial charge in [0.05, 0.1) is 17.5 Å². The van der Waals surface area contributed by atoms with Gasteiger partial charge in [0.15, 0.2) is 11.0 Å². The second kappa shape index (κ2) is 4.20. The van der Waals surface area contributed by atoms with E-state index in [0.717, 1.165) is 0 Å². The Morgan fingerprint density at radius 3 is 2.50 bits per heavy atom. The molecular weight excluding hydrogens is 273 g/mol. The van der Waals surface area contributed by atoms with Gasteiger partial charge in [-0.15, -0.1) is 0 Å². The van der Waals surface area contributed by atoms with Gasteiger partial charge in [0.1, 0.15) is 5.75 Å². The summed E-state index contributed by atoms with van der Waals surface area (Å²) in [6, 6.07) is 2.93. The number of ether oxygens (including phenoxy) is 1. The van der Waals surface area contributed by atoms with Crippen LogP contribution in [-0.4, -0.2) is 7.11 Å². The molecule has 7 heteroatoms. The van der Waals surface area contributed by atoms with E-state index in [-0.39, 0.29) is 21.7 Å². The summed E-state index contributed by atoms with van der Waals surface area (Å²) >= 11 is 5.76. The topological polar surface area (TPSA) is 39.4 Å².